The number of aromatic nitrogens is 4. The Morgan fingerprint density at radius 3 is 2.81 bits per heavy atom. The summed E-state index contributed by atoms with van der Waals surface area (Å²) in [6.07, 6.45) is -0.518. The normalized spacial score (nSPS) is 29.2. The van der Waals surface area contributed by atoms with E-state index in [1.165, 1.54) is 0 Å². The molecule has 0 unspecified atom stereocenters. The number of nitrogens with one attached hydrogen (secondary N) is 1. The Morgan fingerprint density at radius 1 is 1.06 bits per heavy atom. The molecule has 0 spiro atoms. The molecule has 0 radical (unpaired) electrons. The number of carbonyl (C=O) groups excluding carboxylic acids is 1. The molecule has 0 aliphatic carbocycles. The molecule has 31 heavy (non-hydrogen) atoms. The van der Waals surface area contributed by atoms with Gasteiger partial charge in [0.2, 0.25) is 6.79 Å². The number of ether oxygens (including phenoxy) is 5. The molecule has 1 N–H and O–H groups in total. The molecule has 12 heteroatoms. The van der Waals surface area contributed by atoms with Crippen molar-refractivity contribution in [2.24, 2.45) is 0 Å². The number of morpholine rings is 1. The molecule has 3 fully saturated rings. The number of hydrogen-bond donors (Lipinski definition) is 1. The quantitative estimate of drug-likeness (QED) is 0.706. The van der Waals surface area contributed by atoms with Crippen LogP contribution in [0.3, 0.4) is 0 Å². The van der Waals surface area contributed by atoms with E-state index in [2.05, 4.69) is 20.8 Å². The molecule has 3 saturated heterocycles. The van der Waals surface area contributed by atoms with Crippen LogP contribution in [0.15, 0.2) is 18.2 Å². The van der Waals surface area contributed by atoms with Gasteiger partial charge in [-0.1, -0.05) is 0 Å². The lowest BCUT2D eigenvalue weighted by atomic mass is 10.1. The van der Waals surface area contributed by atoms with E-state index in [1.807, 2.05) is 18.2 Å². The van der Waals surface area contributed by atoms with E-state index in [4.69, 9.17) is 23.7 Å². The topological polar surface area (TPSA) is 122 Å². The first-order valence-corrected chi connectivity index (χ1v) is 10.3. The van der Waals surface area contributed by atoms with E-state index in [9.17, 15) is 4.79 Å². The van der Waals surface area contributed by atoms with Gasteiger partial charge < -0.3 is 33.9 Å². The van der Waals surface area contributed by atoms with Crippen LogP contribution in [-0.4, -0.2) is 95.7 Å². The van der Waals surface area contributed by atoms with Gasteiger partial charge in [0.1, 0.15) is 18.2 Å². The molecule has 4 atom stereocenters. The molecule has 1 aromatic heterocycles. The number of amides is 2. The van der Waals surface area contributed by atoms with Crippen molar-refractivity contribution in [3.05, 3.63) is 18.2 Å². The lowest BCUT2D eigenvalue weighted by Crippen LogP contribution is -2.52. The van der Waals surface area contributed by atoms with Crippen LogP contribution in [0.2, 0.25) is 0 Å². The summed E-state index contributed by atoms with van der Waals surface area (Å²) in [5.74, 6) is 1.96. The van der Waals surface area contributed by atoms with Gasteiger partial charge in [-0.05, 0) is 28.6 Å². The van der Waals surface area contributed by atoms with E-state index >= 15 is 0 Å². The van der Waals surface area contributed by atoms with Crippen molar-refractivity contribution in [2.75, 3.05) is 46.3 Å². The van der Waals surface area contributed by atoms with Crippen molar-refractivity contribution in [3.63, 3.8) is 0 Å². The summed E-state index contributed by atoms with van der Waals surface area (Å²) < 4.78 is 30.0. The number of fused-ring (bicyclic) bond motifs is 2. The van der Waals surface area contributed by atoms with Gasteiger partial charge in [-0.15, -0.1) is 5.10 Å². The first-order chi connectivity index (χ1) is 15.3. The maximum absolute atomic E-state index is 12.6. The third kappa shape index (κ3) is 3.27. The molecule has 4 aliphatic rings. The maximum atomic E-state index is 12.6. The van der Waals surface area contributed by atoms with Crippen LogP contribution in [0.5, 0.6) is 11.5 Å². The molecule has 4 aliphatic heterocycles. The molecule has 5 heterocycles. The number of benzene rings is 1. The molecule has 2 amide bonds. The largest absolute Gasteiger partial charge is 0.454 e. The molecule has 0 bridgehead atoms. The molecule has 0 saturated carbocycles. The lowest BCUT2D eigenvalue weighted by molar-refractivity contribution is 0.0485. The summed E-state index contributed by atoms with van der Waals surface area (Å²) in [4.78, 5) is 14.3. The zero-order chi connectivity index (χ0) is 20.8. The summed E-state index contributed by atoms with van der Waals surface area (Å²) in [6.45, 7) is 3.25. The van der Waals surface area contributed by atoms with E-state index in [1.54, 1.807) is 9.58 Å². The zero-order valence-corrected chi connectivity index (χ0v) is 16.7. The highest BCUT2D eigenvalue weighted by Gasteiger charge is 2.50. The number of urea groups is 1. The van der Waals surface area contributed by atoms with Crippen LogP contribution in [0.4, 0.5) is 4.79 Å². The van der Waals surface area contributed by atoms with Crippen LogP contribution in [0.25, 0.3) is 11.4 Å². The van der Waals surface area contributed by atoms with Gasteiger partial charge in [0.05, 0.1) is 32.5 Å². The summed E-state index contributed by atoms with van der Waals surface area (Å²) in [6, 6.07) is 5.05. The van der Waals surface area contributed by atoms with Crippen molar-refractivity contribution in [2.45, 2.75) is 24.3 Å². The Balaban J connectivity index is 1.18. The van der Waals surface area contributed by atoms with Crippen LogP contribution in [-0.2, 0) is 14.2 Å². The van der Waals surface area contributed by atoms with Crippen molar-refractivity contribution >= 4 is 6.03 Å². The predicted molar refractivity (Wildman–Crippen MR) is 103 cm³/mol. The Labute approximate surface area is 177 Å². The van der Waals surface area contributed by atoms with E-state index < -0.39 is 0 Å². The molecular weight excluding hydrogens is 408 g/mol. The Hall–Kier alpha value is -2.96. The van der Waals surface area contributed by atoms with Crippen LogP contribution >= 0.6 is 0 Å². The third-order valence-electron chi connectivity index (χ3n) is 6.07. The minimum atomic E-state index is -0.260. The molecular formula is C19H22N6O6. The average Bonchev–Trinajstić information content (AvgIpc) is 3.58. The standard InChI is InChI=1S/C19H22N6O6/c26-19(24-3-5-27-6-4-24)20-12-8-28-17-13(9-29-16(12)17)25-18(21-22-23-25)11-1-2-14-15(7-11)31-10-30-14/h1-2,7,12-13,16-17H,3-6,8-10H2,(H,20,26)/t12-,13-,16+,17+/m0/s1. The van der Waals surface area contributed by atoms with Crippen molar-refractivity contribution in [1.29, 1.82) is 0 Å². The summed E-state index contributed by atoms with van der Waals surface area (Å²) in [5, 5.41) is 15.3. The molecule has 12 nitrogen and oxygen atoms in total. The Kier molecular flexibility index (Phi) is 4.62. The number of rotatable bonds is 3. The second-order valence-corrected chi connectivity index (χ2v) is 7.83. The van der Waals surface area contributed by atoms with Gasteiger partial charge in [0.25, 0.3) is 0 Å². The highest BCUT2D eigenvalue weighted by molar-refractivity contribution is 5.74. The fourth-order valence-electron chi connectivity index (χ4n) is 4.47. The van der Waals surface area contributed by atoms with Gasteiger partial charge in [-0.3, -0.25) is 0 Å². The molecule has 164 valence electrons. The minimum Gasteiger partial charge on any atom is -0.454 e. The van der Waals surface area contributed by atoms with E-state index in [0.29, 0.717) is 56.8 Å². The SMILES string of the molecule is O=C(N[C@H]1CO[C@H]2[C@@H]1OC[C@@H]2n1nnnc1-c1ccc2c(c1)OCO2)N1CCOCC1. The highest BCUT2D eigenvalue weighted by Crippen LogP contribution is 2.38. The van der Waals surface area contributed by atoms with Crippen molar-refractivity contribution in [1.82, 2.24) is 30.4 Å². The van der Waals surface area contributed by atoms with Gasteiger partial charge in [-0.2, -0.15) is 0 Å². The molecule has 6 rings (SSSR count). The van der Waals surface area contributed by atoms with E-state index in [-0.39, 0.29) is 37.1 Å². The second-order valence-electron chi connectivity index (χ2n) is 7.83. The van der Waals surface area contributed by atoms with Crippen LogP contribution in [0.1, 0.15) is 6.04 Å². The highest BCUT2D eigenvalue weighted by atomic mass is 16.7. The van der Waals surface area contributed by atoms with E-state index in [0.717, 1.165) is 5.56 Å². The molecule has 2 aromatic rings. The van der Waals surface area contributed by atoms with Crippen molar-refractivity contribution in [3.8, 4) is 22.9 Å². The van der Waals surface area contributed by atoms with Gasteiger partial charge in [0.15, 0.2) is 17.3 Å². The fourth-order valence-corrected chi connectivity index (χ4v) is 4.47. The predicted octanol–water partition coefficient (Wildman–Crippen LogP) is -0.182. The Morgan fingerprint density at radius 2 is 1.90 bits per heavy atom. The van der Waals surface area contributed by atoms with Gasteiger partial charge in [0, 0.05) is 18.7 Å². The third-order valence-corrected chi connectivity index (χ3v) is 6.07. The summed E-state index contributed by atoms with van der Waals surface area (Å²) >= 11 is 0. The van der Waals surface area contributed by atoms with Crippen LogP contribution in [0, 0.1) is 0 Å². The lowest BCUT2D eigenvalue weighted by Gasteiger charge is -2.29. The first kappa shape index (κ1) is 18.8. The van der Waals surface area contributed by atoms with Crippen LogP contribution < -0.4 is 14.8 Å². The van der Waals surface area contributed by atoms with Crippen molar-refractivity contribution < 1.29 is 28.5 Å². The number of hydrogen-bond acceptors (Lipinski definition) is 9. The number of nitrogens with zero attached hydrogens (tertiary/aromatic N) is 5. The number of tetrazole rings is 1. The average molecular weight is 430 g/mol. The second kappa shape index (κ2) is 7.62. The van der Waals surface area contributed by atoms with Gasteiger partial charge in [-0.25, -0.2) is 9.48 Å². The smallest absolute Gasteiger partial charge is 0.317 e. The first-order valence-electron chi connectivity index (χ1n) is 10.3. The fraction of sp³-hybridized carbons (Fsp3) is 0.579. The molecule has 1 aromatic carbocycles. The minimum absolute atomic E-state index is 0.118. The summed E-state index contributed by atoms with van der Waals surface area (Å²) in [7, 11) is 0. The monoisotopic (exact) mass is 430 g/mol. The summed E-state index contributed by atoms with van der Waals surface area (Å²) in [5.41, 5.74) is 0.813. The van der Waals surface area contributed by atoms with Gasteiger partial charge >= 0.3 is 6.03 Å². The zero-order valence-electron chi connectivity index (χ0n) is 16.7. The number of carbonyl (C=O) groups is 1. The maximum Gasteiger partial charge on any atom is 0.317 e. The Bertz CT molecular complexity index is 979.